The Balaban J connectivity index is 2.39. The summed E-state index contributed by atoms with van der Waals surface area (Å²) in [5.41, 5.74) is -0.550. The van der Waals surface area contributed by atoms with Crippen LogP contribution in [-0.4, -0.2) is 39.5 Å². The van der Waals surface area contributed by atoms with Crippen LogP contribution in [0.25, 0.3) is 0 Å². The minimum Gasteiger partial charge on any atom is -0.480 e. The van der Waals surface area contributed by atoms with Crippen molar-refractivity contribution in [1.82, 2.24) is 20.4 Å². The van der Waals surface area contributed by atoms with Crippen LogP contribution in [0, 0.1) is 5.41 Å². The van der Waals surface area contributed by atoms with Crippen molar-refractivity contribution in [2.75, 3.05) is 6.54 Å². The summed E-state index contributed by atoms with van der Waals surface area (Å²) in [5, 5.41) is 18.1. The first-order chi connectivity index (χ1) is 8.80. The third-order valence-electron chi connectivity index (χ3n) is 2.57. The molecule has 1 rings (SSSR count). The number of carboxylic acid groups (broad SMARTS) is 1. The number of carbonyl (C=O) groups excluding carboxylic acids is 1. The smallest absolute Gasteiger partial charge is 0.326 e. The predicted molar refractivity (Wildman–Crippen MR) is 69.6 cm³/mol. The number of hydrogen-bond donors (Lipinski definition) is 3. The maximum absolute atomic E-state index is 11.6. The van der Waals surface area contributed by atoms with Crippen molar-refractivity contribution in [1.29, 1.82) is 0 Å². The summed E-state index contributed by atoms with van der Waals surface area (Å²) in [5.74, 6) is -1.05. The fraction of sp³-hybridized carbons (Fsp3) is 0.583. The molecule has 3 N–H and O–H groups in total. The molecule has 1 heterocycles. The normalized spacial score (nSPS) is 12.8. The molecule has 1 atom stereocenters. The minimum absolute atomic E-state index is 0.379. The van der Waals surface area contributed by atoms with Gasteiger partial charge < -0.3 is 15.7 Å². The van der Waals surface area contributed by atoms with Gasteiger partial charge in [-0.05, 0) is 11.5 Å². The van der Waals surface area contributed by atoms with Gasteiger partial charge in [-0.1, -0.05) is 20.8 Å². The summed E-state index contributed by atoms with van der Waals surface area (Å²) in [6.07, 6.45) is 3.44. The second-order valence-corrected chi connectivity index (χ2v) is 5.31. The molecule has 19 heavy (non-hydrogen) atoms. The van der Waals surface area contributed by atoms with E-state index in [1.54, 1.807) is 43.9 Å². The number of amides is 2. The van der Waals surface area contributed by atoms with Crippen molar-refractivity contribution in [2.45, 2.75) is 33.4 Å². The third kappa shape index (κ3) is 4.99. The number of aromatic nitrogens is 2. The number of carboxylic acids is 1. The molecular weight excluding hydrogens is 248 g/mol. The molecule has 7 heteroatoms. The molecule has 106 valence electrons. The summed E-state index contributed by atoms with van der Waals surface area (Å²) in [6, 6.07) is 0.367. The Hall–Kier alpha value is -2.05. The second kappa shape index (κ2) is 6.21. The first-order valence-corrected chi connectivity index (χ1v) is 6.05. The van der Waals surface area contributed by atoms with Crippen molar-refractivity contribution in [3.05, 3.63) is 18.5 Å². The van der Waals surface area contributed by atoms with E-state index in [2.05, 4.69) is 15.7 Å². The second-order valence-electron chi connectivity index (χ2n) is 5.31. The quantitative estimate of drug-likeness (QED) is 0.731. The Kier molecular flexibility index (Phi) is 4.91. The molecule has 1 unspecified atom stereocenters. The maximum atomic E-state index is 11.6. The van der Waals surface area contributed by atoms with Crippen LogP contribution in [0.15, 0.2) is 18.5 Å². The maximum Gasteiger partial charge on any atom is 0.326 e. The van der Waals surface area contributed by atoms with Crippen LogP contribution in [0.5, 0.6) is 0 Å². The molecule has 1 aromatic rings. The van der Waals surface area contributed by atoms with Gasteiger partial charge >= 0.3 is 12.0 Å². The van der Waals surface area contributed by atoms with Gasteiger partial charge in [0.1, 0.15) is 6.04 Å². The molecule has 2 amide bonds. The van der Waals surface area contributed by atoms with E-state index < -0.39 is 23.5 Å². The molecule has 0 bridgehead atoms. The van der Waals surface area contributed by atoms with Crippen molar-refractivity contribution in [3.8, 4) is 0 Å². The molecular formula is C12H20N4O3. The molecule has 7 nitrogen and oxygen atoms in total. The Morgan fingerprint density at radius 3 is 2.58 bits per heavy atom. The van der Waals surface area contributed by atoms with Gasteiger partial charge in [0, 0.05) is 18.9 Å². The third-order valence-corrected chi connectivity index (χ3v) is 2.57. The number of hydrogen-bond acceptors (Lipinski definition) is 3. The highest BCUT2D eigenvalue weighted by molar-refractivity contribution is 5.83. The Morgan fingerprint density at radius 1 is 1.42 bits per heavy atom. The monoisotopic (exact) mass is 268 g/mol. The van der Waals surface area contributed by atoms with Crippen LogP contribution >= 0.6 is 0 Å². The summed E-state index contributed by atoms with van der Waals surface area (Å²) >= 11 is 0. The van der Waals surface area contributed by atoms with Gasteiger partial charge in [0.05, 0.1) is 6.54 Å². The lowest BCUT2D eigenvalue weighted by atomic mass is 9.87. The molecule has 0 saturated carbocycles. The topological polar surface area (TPSA) is 96.3 Å². The lowest BCUT2D eigenvalue weighted by Crippen LogP contribution is -2.52. The average Bonchev–Trinajstić information content (AvgIpc) is 2.77. The molecule has 0 spiro atoms. The van der Waals surface area contributed by atoms with E-state index in [0.717, 1.165) is 0 Å². The Labute approximate surface area is 112 Å². The Morgan fingerprint density at radius 2 is 2.11 bits per heavy atom. The zero-order valence-corrected chi connectivity index (χ0v) is 11.4. The molecule has 0 saturated heterocycles. The number of carbonyl (C=O) groups is 2. The van der Waals surface area contributed by atoms with E-state index in [1.165, 1.54) is 0 Å². The largest absolute Gasteiger partial charge is 0.480 e. The molecule has 0 aliphatic rings. The number of nitrogens with one attached hydrogen (secondary N) is 2. The van der Waals surface area contributed by atoms with E-state index in [4.69, 9.17) is 5.11 Å². The molecule has 0 aromatic carbocycles. The highest BCUT2D eigenvalue weighted by atomic mass is 16.4. The number of rotatable bonds is 5. The molecule has 0 aliphatic carbocycles. The lowest BCUT2D eigenvalue weighted by Gasteiger charge is -2.27. The van der Waals surface area contributed by atoms with Crippen molar-refractivity contribution >= 4 is 12.0 Å². The van der Waals surface area contributed by atoms with Crippen LogP contribution in [0.3, 0.4) is 0 Å². The average molecular weight is 268 g/mol. The van der Waals surface area contributed by atoms with Crippen LogP contribution in [-0.2, 0) is 11.3 Å². The highest BCUT2D eigenvalue weighted by Gasteiger charge is 2.32. The number of nitrogens with zero attached hydrogens (tertiary/aromatic N) is 2. The Bertz CT molecular complexity index is 423. The summed E-state index contributed by atoms with van der Waals surface area (Å²) < 4.78 is 1.68. The summed E-state index contributed by atoms with van der Waals surface area (Å²) in [7, 11) is 0. The summed E-state index contributed by atoms with van der Waals surface area (Å²) in [4.78, 5) is 22.7. The van der Waals surface area contributed by atoms with E-state index in [9.17, 15) is 9.59 Å². The fourth-order valence-electron chi connectivity index (χ4n) is 1.55. The standard InChI is InChI=1S/C12H20N4O3/c1-12(2,3)9(10(17)18)15-11(19)13-6-8-16-7-4-5-14-16/h4-5,7,9H,6,8H2,1-3H3,(H,17,18)(H2,13,15,19). The van der Waals surface area contributed by atoms with Gasteiger partial charge in [-0.2, -0.15) is 5.10 Å². The molecule has 0 fully saturated rings. The van der Waals surface area contributed by atoms with Crippen LogP contribution in [0.4, 0.5) is 4.79 Å². The molecule has 0 aliphatic heterocycles. The van der Waals surface area contributed by atoms with Crippen LogP contribution < -0.4 is 10.6 Å². The van der Waals surface area contributed by atoms with Gasteiger partial charge in [-0.15, -0.1) is 0 Å². The SMILES string of the molecule is CC(C)(C)C(NC(=O)NCCn1cccn1)C(=O)O. The minimum atomic E-state index is -1.05. The first kappa shape index (κ1) is 15.0. The predicted octanol–water partition coefficient (Wildman–Crippen LogP) is 0.682. The van der Waals surface area contributed by atoms with Gasteiger partial charge in [0.25, 0.3) is 0 Å². The summed E-state index contributed by atoms with van der Waals surface area (Å²) in [6.45, 7) is 6.19. The zero-order chi connectivity index (χ0) is 14.5. The first-order valence-electron chi connectivity index (χ1n) is 6.05. The number of aliphatic carboxylic acids is 1. The van der Waals surface area contributed by atoms with Crippen molar-refractivity contribution in [3.63, 3.8) is 0 Å². The van der Waals surface area contributed by atoms with E-state index in [0.29, 0.717) is 13.1 Å². The zero-order valence-electron chi connectivity index (χ0n) is 11.4. The van der Waals surface area contributed by atoms with Crippen LogP contribution in [0.1, 0.15) is 20.8 Å². The number of urea groups is 1. The lowest BCUT2D eigenvalue weighted by molar-refractivity contribution is -0.141. The molecule has 1 aromatic heterocycles. The molecule has 0 radical (unpaired) electrons. The van der Waals surface area contributed by atoms with E-state index in [-0.39, 0.29) is 0 Å². The van der Waals surface area contributed by atoms with Gasteiger partial charge in [0.2, 0.25) is 0 Å². The van der Waals surface area contributed by atoms with Gasteiger partial charge in [-0.3, -0.25) is 4.68 Å². The van der Waals surface area contributed by atoms with E-state index in [1.807, 2.05) is 0 Å². The van der Waals surface area contributed by atoms with Gasteiger partial charge in [0.15, 0.2) is 0 Å². The van der Waals surface area contributed by atoms with Crippen LogP contribution in [0.2, 0.25) is 0 Å². The highest BCUT2D eigenvalue weighted by Crippen LogP contribution is 2.19. The van der Waals surface area contributed by atoms with Gasteiger partial charge in [-0.25, -0.2) is 9.59 Å². The van der Waals surface area contributed by atoms with Crippen molar-refractivity contribution < 1.29 is 14.7 Å². The fourth-order valence-corrected chi connectivity index (χ4v) is 1.55. The van der Waals surface area contributed by atoms with E-state index >= 15 is 0 Å². The van der Waals surface area contributed by atoms with Crippen molar-refractivity contribution in [2.24, 2.45) is 5.41 Å².